The summed E-state index contributed by atoms with van der Waals surface area (Å²) in [6.07, 6.45) is 8.25. The van der Waals surface area contributed by atoms with Crippen LogP contribution in [-0.4, -0.2) is 4.98 Å². The number of rotatable bonds is 6. The summed E-state index contributed by atoms with van der Waals surface area (Å²) in [5, 5.41) is 0. The normalized spacial score (nSPS) is 20.3. The highest BCUT2D eigenvalue weighted by molar-refractivity contribution is 5.27. The zero-order valence-electron chi connectivity index (χ0n) is 15.3. The van der Waals surface area contributed by atoms with Gasteiger partial charge in [0.15, 0.2) is 5.82 Å². The molecule has 0 spiro atoms. The minimum absolute atomic E-state index is 0.0813. The maximum Gasteiger partial charge on any atom is 0.251 e. The summed E-state index contributed by atoms with van der Waals surface area (Å²) in [6, 6.07) is 9.84. The number of hydrogen-bond acceptors (Lipinski definition) is 1. The van der Waals surface area contributed by atoms with Crippen LogP contribution >= 0.6 is 0 Å². The Labute approximate surface area is 153 Å². The first kappa shape index (κ1) is 18.9. The van der Waals surface area contributed by atoms with Gasteiger partial charge in [-0.05, 0) is 67.6 Å². The Morgan fingerprint density at radius 2 is 1.54 bits per heavy atom. The maximum atomic E-state index is 13.9. The van der Waals surface area contributed by atoms with Crippen molar-refractivity contribution in [2.24, 2.45) is 0 Å². The van der Waals surface area contributed by atoms with Crippen LogP contribution in [0.1, 0.15) is 80.4 Å². The topological polar surface area (TPSA) is 12.9 Å². The molecule has 1 fully saturated rings. The van der Waals surface area contributed by atoms with Gasteiger partial charge in [-0.3, -0.25) is 0 Å². The Balaban J connectivity index is 1.59. The lowest BCUT2D eigenvalue weighted by Crippen LogP contribution is -2.14. The first-order chi connectivity index (χ1) is 12.6. The van der Waals surface area contributed by atoms with Crippen LogP contribution in [0.3, 0.4) is 0 Å². The monoisotopic (exact) mass is 361 g/mol. The summed E-state index contributed by atoms with van der Waals surface area (Å²) in [7, 11) is 0. The highest BCUT2D eigenvalue weighted by atomic mass is 19.2. The first-order valence-corrected chi connectivity index (χ1v) is 9.68. The molecule has 1 aromatic heterocycles. The quantitative estimate of drug-likeness (QED) is 0.413. The molecular weight excluding hydrogens is 335 g/mol. The van der Waals surface area contributed by atoms with E-state index in [2.05, 4.69) is 36.2 Å². The van der Waals surface area contributed by atoms with Crippen LogP contribution in [0.5, 0.6) is 0 Å². The number of aryl methyl sites for hydroxylation is 1. The van der Waals surface area contributed by atoms with Gasteiger partial charge in [-0.1, -0.05) is 44.0 Å². The molecule has 26 heavy (non-hydrogen) atoms. The van der Waals surface area contributed by atoms with Crippen molar-refractivity contribution >= 4 is 0 Å². The third-order valence-electron chi connectivity index (χ3n) is 5.60. The number of pyridine rings is 1. The smallest absolute Gasteiger partial charge is 0.202 e. The van der Waals surface area contributed by atoms with Gasteiger partial charge in [0.2, 0.25) is 5.95 Å². The summed E-state index contributed by atoms with van der Waals surface area (Å²) >= 11 is 0. The largest absolute Gasteiger partial charge is 0.251 e. The standard InChI is InChI=1S/C22H26F3N/c1-2-3-4-5-15-6-8-16(9-7-15)17-10-12-18(13-11-17)19-14-20(23)22(25)26-21(19)24/h6-9,14,17-18H,2-5,10-13H2,1H3/t17-,18-. The highest BCUT2D eigenvalue weighted by Gasteiger charge is 2.27. The van der Waals surface area contributed by atoms with Gasteiger partial charge in [0, 0.05) is 5.56 Å². The third-order valence-corrected chi connectivity index (χ3v) is 5.60. The van der Waals surface area contributed by atoms with Crippen LogP contribution in [0.15, 0.2) is 30.3 Å². The Hall–Kier alpha value is -1.84. The number of nitrogens with zero attached hydrogens (tertiary/aromatic N) is 1. The first-order valence-electron chi connectivity index (χ1n) is 9.68. The molecular formula is C22H26F3N. The fourth-order valence-corrected chi connectivity index (χ4v) is 4.02. The average Bonchev–Trinajstić information content (AvgIpc) is 2.66. The molecule has 3 rings (SSSR count). The molecule has 0 radical (unpaired) electrons. The molecule has 0 N–H and O–H groups in total. The fourth-order valence-electron chi connectivity index (χ4n) is 4.02. The molecule has 140 valence electrons. The van der Waals surface area contributed by atoms with Gasteiger partial charge >= 0.3 is 0 Å². The summed E-state index contributed by atoms with van der Waals surface area (Å²) < 4.78 is 40.3. The van der Waals surface area contributed by atoms with E-state index in [0.29, 0.717) is 5.92 Å². The molecule has 0 unspecified atom stereocenters. The molecule has 0 saturated heterocycles. The summed E-state index contributed by atoms with van der Waals surface area (Å²) in [5.41, 5.74) is 2.92. The Morgan fingerprint density at radius 3 is 2.19 bits per heavy atom. The van der Waals surface area contributed by atoms with Crippen molar-refractivity contribution in [1.82, 2.24) is 4.98 Å². The van der Waals surface area contributed by atoms with Gasteiger partial charge in [0.25, 0.3) is 5.95 Å². The zero-order valence-corrected chi connectivity index (χ0v) is 15.3. The fraction of sp³-hybridized carbons (Fsp3) is 0.500. The van der Waals surface area contributed by atoms with Crippen molar-refractivity contribution in [3.63, 3.8) is 0 Å². The van der Waals surface area contributed by atoms with E-state index in [4.69, 9.17) is 0 Å². The SMILES string of the molecule is CCCCCc1ccc([C@H]2CC[C@H](c3cc(F)c(F)nc3F)CC2)cc1. The van der Waals surface area contributed by atoms with E-state index in [-0.39, 0.29) is 11.5 Å². The molecule has 2 aromatic rings. The van der Waals surface area contributed by atoms with Gasteiger partial charge in [0.05, 0.1) is 0 Å². The van der Waals surface area contributed by atoms with Gasteiger partial charge < -0.3 is 0 Å². The molecule has 1 aliphatic rings. The van der Waals surface area contributed by atoms with Crippen LogP contribution in [0.2, 0.25) is 0 Å². The van der Waals surface area contributed by atoms with E-state index in [0.717, 1.165) is 38.2 Å². The van der Waals surface area contributed by atoms with Crippen LogP contribution in [-0.2, 0) is 6.42 Å². The number of aromatic nitrogens is 1. The van der Waals surface area contributed by atoms with E-state index >= 15 is 0 Å². The van der Waals surface area contributed by atoms with E-state index in [9.17, 15) is 13.2 Å². The summed E-state index contributed by atoms with van der Waals surface area (Å²) in [4.78, 5) is 3.06. The van der Waals surface area contributed by atoms with Gasteiger partial charge in [0.1, 0.15) is 0 Å². The van der Waals surface area contributed by atoms with Crippen molar-refractivity contribution < 1.29 is 13.2 Å². The molecule has 0 bridgehead atoms. The second kappa shape index (κ2) is 8.70. The minimum atomic E-state index is -1.36. The molecule has 1 aliphatic carbocycles. The van der Waals surface area contributed by atoms with E-state index in [1.54, 1.807) is 0 Å². The Bertz CT molecular complexity index is 719. The molecule has 0 atom stereocenters. The lowest BCUT2D eigenvalue weighted by atomic mass is 9.76. The Morgan fingerprint density at radius 1 is 0.885 bits per heavy atom. The molecule has 1 nitrogen and oxygen atoms in total. The van der Waals surface area contributed by atoms with Crippen LogP contribution in [0.25, 0.3) is 0 Å². The summed E-state index contributed by atoms with van der Waals surface area (Å²) in [5.74, 6) is -2.93. The second-order valence-corrected chi connectivity index (χ2v) is 7.39. The van der Waals surface area contributed by atoms with Crippen molar-refractivity contribution in [1.29, 1.82) is 0 Å². The van der Waals surface area contributed by atoms with Crippen molar-refractivity contribution in [3.8, 4) is 0 Å². The highest BCUT2D eigenvalue weighted by Crippen LogP contribution is 2.41. The third kappa shape index (κ3) is 4.46. The van der Waals surface area contributed by atoms with Crippen LogP contribution < -0.4 is 0 Å². The lowest BCUT2D eigenvalue weighted by Gasteiger charge is -2.29. The van der Waals surface area contributed by atoms with Crippen molar-refractivity contribution in [3.05, 3.63) is 64.7 Å². The predicted molar refractivity (Wildman–Crippen MR) is 97.7 cm³/mol. The number of halogens is 3. The lowest BCUT2D eigenvalue weighted by molar-refractivity contribution is 0.373. The predicted octanol–water partition coefficient (Wildman–Crippen LogP) is 6.67. The molecule has 1 heterocycles. The number of unbranched alkanes of at least 4 members (excludes halogenated alkanes) is 2. The van der Waals surface area contributed by atoms with Crippen LogP contribution in [0, 0.1) is 17.7 Å². The molecule has 1 aromatic carbocycles. The Kier molecular flexibility index (Phi) is 6.33. The van der Waals surface area contributed by atoms with E-state index < -0.39 is 17.7 Å². The second-order valence-electron chi connectivity index (χ2n) is 7.39. The number of hydrogen-bond donors (Lipinski definition) is 0. The van der Waals surface area contributed by atoms with Crippen molar-refractivity contribution in [2.45, 2.75) is 70.1 Å². The number of benzene rings is 1. The average molecular weight is 361 g/mol. The molecule has 0 aliphatic heterocycles. The van der Waals surface area contributed by atoms with E-state index in [1.165, 1.54) is 30.4 Å². The zero-order chi connectivity index (χ0) is 18.5. The van der Waals surface area contributed by atoms with Crippen molar-refractivity contribution in [2.75, 3.05) is 0 Å². The van der Waals surface area contributed by atoms with Crippen LogP contribution in [0.4, 0.5) is 13.2 Å². The molecule has 0 amide bonds. The van der Waals surface area contributed by atoms with Gasteiger partial charge in [-0.15, -0.1) is 0 Å². The summed E-state index contributed by atoms with van der Waals surface area (Å²) in [6.45, 7) is 2.21. The molecule has 1 saturated carbocycles. The van der Waals surface area contributed by atoms with E-state index in [1.807, 2.05) is 0 Å². The van der Waals surface area contributed by atoms with Gasteiger partial charge in [-0.2, -0.15) is 13.8 Å². The molecule has 4 heteroatoms. The minimum Gasteiger partial charge on any atom is -0.202 e. The van der Waals surface area contributed by atoms with Gasteiger partial charge in [-0.25, -0.2) is 4.39 Å². The maximum absolute atomic E-state index is 13.9.